The summed E-state index contributed by atoms with van der Waals surface area (Å²) in [7, 11) is 1.50. The molecule has 0 radical (unpaired) electrons. The Hall–Kier alpha value is -1.73. The number of hydrogen-bond acceptors (Lipinski definition) is 6. The lowest BCUT2D eigenvalue weighted by Gasteiger charge is -2.10. The van der Waals surface area contributed by atoms with Crippen LogP contribution < -0.4 is 5.32 Å². The van der Waals surface area contributed by atoms with Crippen LogP contribution in [0.15, 0.2) is 12.3 Å². The molecule has 0 spiro atoms. The molecule has 18 heavy (non-hydrogen) atoms. The highest BCUT2D eigenvalue weighted by Crippen LogP contribution is 2.22. The number of hydrogen-bond donors (Lipinski definition) is 2. The van der Waals surface area contributed by atoms with Crippen LogP contribution in [0.1, 0.15) is 12.0 Å². The highest BCUT2D eigenvalue weighted by molar-refractivity contribution is 5.56. The van der Waals surface area contributed by atoms with E-state index in [1.807, 2.05) is 0 Å². The Kier molecular flexibility index (Phi) is 5.47. The molecule has 7 heteroatoms. The molecule has 0 aliphatic rings. The number of methoxy groups -OCH3 is 1. The smallest absolute Gasteiger partial charge is 0.311 e. The van der Waals surface area contributed by atoms with E-state index >= 15 is 0 Å². The molecule has 100 valence electrons. The molecule has 1 aromatic heterocycles. The molecule has 2 N–H and O–H groups in total. The minimum atomic E-state index is -0.591. The first-order chi connectivity index (χ1) is 8.54. The highest BCUT2D eigenvalue weighted by atomic mass is 16.6. The van der Waals surface area contributed by atoms with E-state index in [-0.39, 0.29) is 18.1 Å². The van der Waals surface area contributed by atoms with Gasteiger partial charge in [-0.1, -0.05) is 0 Å². The minimum Gasteiger partial charge on any atom is -0.391 e. The van der Waals surface area contributed by atoms with Crippen LogP contribution in [0.4, 0.5) is 11.5 Å². The lowest BCUT2D eigenvalue weighted by molar-refractivity contribution is -0.384. The van der Waals surface area contributed by atoms with Crippen LogP contribution >= 0.6 is 0 Å². The summed E-state index contributed by atoms with van der Waals surface area (Å²) in [5.74, 6) is 0.218. The first-order valence-corrected chi connectivity index (χ1v) is 5.56. The monoisotopic (exact) mass is 255 g/mol. The van der Waals surface area contributed by atoms with Crippen LogP contribution in [0.3, 0.4) is 0 Å². The molecule has 7 nitrogen and oxygen atoms in total. The third kappa shape index (κ3) is 4.27. The summed E-state index contributed by atoms with van der Waals surface area (Å²) in [5.41, 5.74) is 0.669. The normalized spacial score (nSPS) is 12.2. The van der Waals surface area contributed by atoms with Gasteiger partial charge in [0, 0.05) is 25.9 Å². The van der Waals surface area contributed by atoms with Crippen molar-refractivity contribution < 1.29 is 14.8 Å². The number of nitro groups is 1. The fourth-order valence-electron chi connectivity index (χ4n) is 1.46. The summed E-state index contributed by atoms with van der Waals surface area (Å²) in [5, 5.41) is 23.1. The SMILES string of the molecule is COCC(O)CCNc1ncc(C)cc1[N+](=O)[O-]. The number of aliphatic hydroxyl groups excluding tert-OH is 1. The number of aliphatic hydroxyl groups is 1. The average molecular weight is 255 g/mol. The van der Waals surface area contributed by atoms with E-state index in [0.29, 0.717) is 13.0 Å². The molecule has 0 aliphatic heterocycles. The number of ether oxygens (including phenoxy) is 1. The number of rotatable bonds is 7. The van der Waals surface area contributed by atoms with Gasteiger partial charge in [-0.05, 0) is 18.9 Å². The fourth-order valence-corrected chi connectivity index (χ4v) is 1.46. The number of aromatic nitrogens is 1. The Morgan fingerprint density at radius 1 is 1.67 bits per heavy atom. The first-order valence-electron chi connectivity index (χ1n) is 5.56. The predicted molar refractivity (Wildman–Crippen MR) is 66.6 cm³/mol. The van der Waals surface area contributed by atoms with E-state index in [1.165, 1.54) is 13.2 Å². The second-order valence-corrected chi connectivity index (χ2v) is 3.96. The molecule has 1 heterocycles. The Morgan fingerprint density at radius 3 is 3.00 bits per heavy atom. The van der Waals surface area contributed by atoms with Gasteiger partial charge in [0.15, 0.2) is 0 Å². The number of pyridine rings is 1. The summed E-state index contributed by atoms with van der Waals surface area (Å²) >= 11 is 0. The van der Waals surface area contributed by atoms with Crippen LogP contribution in [-0.2, 0) is 4.74 Å². The first kappa shape index (κ1) is 14.3. The predicted octanol–water partition coefficient (Wildman–Crippen LogP) is 1.11. The van der Waals surface area contributed by atoms with Gasteiger partial charge in [0.1, 0.15) is 0 Å². The van der Waals surface area contributed by atoms with E-state index in [0.717, 1.165) is 5.56 Å². The Morgan fingerprint density at radius 2 is 2.39 bits per heavy atom. The van der Waals surface area contributed by atoms with Crippen molar-refractivity contribution in [3.05, 3.63) is 27.9 Å². The number of anilines is 1. The van der Waals surface area contributed by atoms with Gasteiger partial charge in [-0.3, -0.25) is 10.1 Å². The van der Waals surface area contributed by atoms with E-state index < -0.39 is 11.0 Å². The highest BCUT2D eigenvalue weighted by Gasteiger charge is 2.15. The molecular weight excluding hydrogens is 238 g/mol. The second-order valence-electron chi connectivity index (χ2n) is 3.96. The Labute approximate surface area is 105 Å². The van der Waals surface area contributed by atoms with Crippen LogP contribution in [0.5, 0.6) is 0 Å². The molecule has 1 rings (SSSR count). The van der Waals surface area contributed by atoms with Gasteiger partial charge < -0.3 is 15.2 Å². The van der Waals surface area contributed by atoms with Crippen molar-refractivity contribution >= 4 is 11.5 Å². The van der Waals surface area contributed by atoms with Crippen molar-refractivity contribution in [3.63, 3.8) is 0 Å². The molecule has 1 unspecified atom stereocenters. The van der Waals surface area contributed by atoms with Gasteiger partial charge in [0.05, 0.1) is 17.6 Å². The van der Waals surface area contributed by atoms with Crippen LogP contribution in [0, 0.1) is 17.0 Å². The molecular formula is C11H17N3O4. The average Bonchev–Trinajstić information content (AvgIpc) is 2.31. The van der Waals surface area contributed by atoms with Gasteiger partial charge in [0.2, 0.25) is 5.82 Å². The molecule has 0 amide bonds. The summed E-state index contributed by atoms with van der Waals surface area (Å²) in [4.78, 5) is 14.3. The Bertz CT molecular complexity index is 411. The molecule has 0 bridgehead atoms. The summed E-state index contributed by atoms with van der Waals surface area (Å²) < 4.78 is 4.78. The summed E-state index contributed by atoms with van der Waals surface area (Å²) in [6.45, 7) is 2.37. The number of nitrogens with one attached hydrogen (secondary N) is 1. The van der Waals surface area contributed by atoms with Crippen molar-refractivity contribution in [2.24, 2.45) is 0 Å². The van der Waals surface area contributed by atoms with Crippen molar-refractivity contribution in [1.29, 1.82) is 0 Å². The van der Waals surface area contributed by atoms with Crippen molar-refractivity contribution in [2.75, 3.05) is 25.6 Å². The molecule has 0 aliphatic carbocycles. The van der Waals surface area contributed by atoms with Crippen molar-refractivity contribution in [3.8, 4) is 0 Å². The maximum absolute atomic E-state index is 10.8. The summed E-state index contributed by atoms with van der Waals surface area (Å²) in [6.07, 6.45) is 1.40. The molecule has 0 aromatic carbocycles. The second kappa shape index (κ2) is 6.87. The number of aryl methyl sites for hydroxylation is 1. The summed E-state index contributed by atoms with van der Waals surface area (Å²) in [6, 6.07) is 1.46. The minimum absolute atomic E-state index is 0.0590. The quantitative estimate of drug-likeness (QED) is 0.559. The maximum atomic E-state index is 10.8. The maximum Gasteiger partial charge on any atom is 0.311 e. The van der Waals surface area contributed by atoms with E-state index in [9.17, 15) is 15.2 Å². The van der Waals surface area contributed by atoms with Crippen LogP contribution in [0.25, 0.3) is 0 Å². The zero-order valence-electron chi connectivity index (χ0n) is 10.4. The van der Waals surface area contributed by atoms with Crippen molar-refractivity contribution in [2.45, 2.75) is 19.4 Å². The Balaban J connectivity index is 2.59. The molecule has 1 atom stereocenters. The third-order valence-corrected chi connectivity index (χ3v) is 2.33. The molecule has 0 fully saturated rings. The van der Waals surface area contributed by atoms with Crippen LogP contribution in [0.2, 0.25) is 0 Å². The largest absolute Gasteiger partial charge is 0.391 e. The fraction of sp³-hybridized carbons (Fsp3) is 0.545. The lowest BCUT2D eigenvalue weighted by Crippen LogP contribution is -2.19. The molecule has 1 aromatic rings. The van der Waals surface area contributed by atoms with Gasteiger partial charge in [-0.2, -0.15) is 0 Å². The van der Waals surface area contributed by atoms with Gasteiger partial charge >= 0.3 is 5.69 Å². The van der Waals surface area contributed by atoms with E-state index in [2.05, 4.69) is 10.3 Å². The number of nitrogens with zero attached hydrogens (tertiary/aromatic N) is 2. The topological polar surface area (TPSA) is 97.5 Å². The zero-order valence-corrected chi connectivity index (χ0v) is 10.4. The van der Waals surface area contributed by atoms with E-state index in [1.54, 1.807) is 13.1 Å². The lowest BCUT2D eigenvalue weighted by atomic mass is 10.2. The van der Waals surface area contributed by atoms with Gasteiger partial charge in [-0.25, -0.2) is 4.98 Å². The molecule has 0 saturated carbocycles. The third-order valence-electron chi connectivity index (χ3n) is 2.33. The van der Waals surface area contributed by atoms with Gasteiger partial charge in [-0.15, -0.1) is 0 Å². The van der Waals surface area contributed by atoms with Gasteiger partial charge in [0.25, 0.3) is 0 Å². The standard InChI is InChI=1S/C11H17N3O4/c1-8-5-10(14(16)17)11(13-6-8)12-4-3-9(15)7-18-2/h5-6,9,15H,3-4,7H2,1-2H3,(H,12,13). The molecule has 0 saturated heterocycles. The van der Waals surface area contributed by atoms with Crippen molar-refractivity contribution in [1.82, 2.24) is 4.98 Å². The van der Waals surface area contributed by atoms with E-state index in [4.69, 9.17) is 4.74 Å². The van der Waals surface area contributed by atoms with Crippen LogP contribution in [-0.4, -0.2) is 41.4 Å². The zero-order chi connectivity index (χ0) is 13.5.